The zero-order chi connectivity index (χ0) is 40.7. The molecule has 322 valence electrons. The number of carbonyl (C=O) groups excluding carboxylic acids is 5. The van der Waals surface area contributed by atoms with E-state index in [0.717, 1.165) is 12.2 Å². The van der Waals surface area contributed by atoms with E-state index >= 15 is 0 Å². The third kappa shape index (κ3) is 19.4. The lowest BCUT2D eigenvalue weighted by Crippen LogP contribution is -2.71. The number of aliphatic hydroxyl groups is 2. The van der Waals surface area contributed by atoms with Crippen LogP contribution >= 0.6 is 0 Å². The molecule has 0 aromatic rings. The van der Waals surface area contributed by atoms with Gasteiger partial charge < -0.3 is 62.3 Å². The molecular weight excluding hydrogens is 750 g/mol. The summed E-state index contributed by atoms with van der Waals surface area (Å²) >= 11 is 0. The number of imide groups is 2. The Bertz CT molecular complexity index is 1130. The van der Waals surface area contributed by atoms with Crippen LogP contribution in [-0.4, -0.2) is 212 Å². The molecular formula is C35H59N3O18. The highest BCUT2D eigenvalue weighted by atomic mass is 16.6. The van der Waals surface area contributed by atoms with Crippen molar-refractivity contribution in [1.82, 2.24) is 14.9 Å². The van der Waals surface area contributed by atoms with Crippen molar-refractivity contribution < 1.29 is 86.3 Å². The van der Waals surface area contributed by atoms with Crippen LogP contribution in [0.4, 0.5) is 0 Å². The smallest absolute Gasteiger partial charge is 0.273 e. The van der Waals surface area contributed by atoms with Gasteiger partial charge in [-0.3, -0.25) is 24.0 Å². The Morgan fingerprint density at radius 2 is 0.839 bits per heavy atom. The molecule has 56 heavy (non-hydrogen) atoms. The third-order valence-electron chi connectivity index (χ3n) is 7.52. The maximum atomic E-state index is 12.9. The Morgan fingerprint density at radius 1 is 0.554 bits per heavy atom. The third-order valence-corrected chi connectivity index (χ3v) is 7.52. The Morgan fingerprint density at radius 3 is 1.12 bits per heavy atom. The van der Waals surface area contributed by atoms with Gasteiger partial charge in [-0.1, -0.05) is 6.92 Å². The quantitative estimate of drug-likeness (QED) is 0.0391. The Hall–Kier alpha value is -3.03. The summed E-state index contributed by atoms with van der Waals surface area (Å²) in [5.74, 6) is -7.08. The molecule has 21 heteroatoms. The van der Waals surface area contributed by atoms with E-state index in [1.54, 1.807) is 0 Å². The van der Waals surface area contributed by atoms with Gasteiger partial charge in [0.15, 0.2) is 0 Å². The monoisotopic (exact) mass is 809 g/mol. The summed E-state index contributed by atoms with van der Waals surface area (Å²) in [6.07, 6.45) is 1.12. The Kier molecular flexibility index (Phi) is 27.2. The largest absolute Gasteiger partial charge is 0.394 e. The van der Waals surface area contributed by atoms with Crippen LogP contribution in [0.5, 0.6) is 0 Å². The molecule has 0 aromatic carbocycles. The lowest BCUT2D eigenvalue weighted by molar-refractivity contribution is -0.269. The molecule has 0 bridgehead atoms. The first-order chi connectivity index (χ1) is 27.3. The van der Waals surface area contributed by atoms with E-state index in [2.05, 4.69) is 0 Å². The average Bonchev–Trinajstić information content (AvgIpc) is 3.71. The van der Waals surface area contributed by atoms with Crippen LogP contribution in [0.1, 0.15) is 26.2 Å². The van der Waals surface area contributed by atoms with E-state index in [0.29, 0.717) is 127 Å². The Balaban J connectivity index is 1.39. The van der Waals surface area contributed by atoms with Crippen molar-refractivity contribution in [3.8, 4) is 0 Å². The molecule has 2 heterocycles. The Labute approximate surface area is 326 Å². The second-order valence-corrected chi connectivity index (χ2v) is 11.7. The molecule has 0 radical (unpaired) electrons. The maximum Gasteiger partial charge on any atom is 0.273 e. The van der Waals surface area contributed by atoms with E-state index in [4.69, 9.17) is 57.2 Å². The standard InChI is InChI=1S/C35H59N3O18/c1-2-30(40)38(37-33(43)5-6-34(37)44)35(45,36-31(41)3-4-32(36)42)29-56-28-27-55-26-25-54-24-23-53-22-21-52-20-19-51-18-17-50-16-15-49-14-13-48-12-11-47-10-9-46-8-7-39/h5-6,39,45H,2-4,7-29H2,1H3. The number of carbonyl (C=O) groups is 5. The predicted octanol–water partition coefficient (Wildman–Crippen LogP) is -1.96. The van der Waals surface area contributed by atoms with Gasteiger partial charge in [-0.2, -0.15) is 10.0 Å². The second-order valence-electron chi connectivity index (χ2n) is 11.7. The number of aliphatic hydroxyl groups excluding tert-OH is 1. The number of nitrogens with zero attached hydrogens (tertiary/aromatic N) is 3. The molecule has 0 saturated carbocycles. The molecule has 5 amide bonds. The molecule has 1 unspecified atom stereocenters. The number of hydrazine groups is 1. The second kappa shape index (κ2) is 31.0. The minimum Gasteiger partial charge on any atom is -0.394 e. The highest BCUT2D eigenvalue weighted by molar-refractivity contribution is 6.13. The summed E-state index contributed by atoms with van der Waals surface area (Å²) < 4.78 is 59.4. The number of hydrogen-bond donors (Lipinski definition) is 2. The summed E-state index contributed by atoms with van der Waals surface area (Å²) in [5.41, 5.74) is 0. The summed E-state index contributed by atoms with van der Waals surface area (Å²) in [4.78, 5) is 63.3. The van der Waals surface area contributed by atoms with Gasteiger partial charge in [0, 0.05) is 31.4 Å². The van der Waals surface area contributed by atoms with E-state index in [1.807, 2.05) is 0 Å². The van der Waals surface area contributed by atoms with Gasteiger partial charge in [0.05, 0.1) is 145 Å². The first kappa shape index (κ1) is 49.1. The van der Waals surface area contributed by atoms with Crippen molar-refractivity contribution in [3.05, 3.63) is 12.2 Å². The highest BCUT2D eigenvalue weighted by Crippen LogP contribution is 2.29. The van der Waals surface area contributed by atoms with Crippen LogP contribution in [0.15, 0.2) is 12.2 Å². The SMILES string of the molecule is CCC(=O)N(N1C(=O)C=CC1=O)C(O)(COCCOCCOCCOCCOCCOCCOCCOCCOCCOCCOCCO)N1C(=O)CCC1=O. The van der Waals surface area contributed by atoms with Gasteiger partial charge in [-0.25, -0.2) is 4.90 Å². The van der Waals surface area contributed by atoms with Crippen molar-refractivity contribution in [1.29, 1.82) is 0 Å². The highest BCUT2D eigenvalue weighted by Gasteiger charge is 2.55. The van der Waals surface area contributed by atoms with E-state index in [1.165, 1.54) is 6.92 Å². The van der Waals surface area contributed by atoms with E-state index < -0.39 is 42.0 Å². The molecule has 2 rings (SSSR count). The molecule has 1 fully saturated rings. The van der Waals surface area contributed by atoms with Crippen LogP contribution in [-0.2, 0) is 76.1 Å². The first-order valence-corrected chi connectivity index (χ1v) is 18.7. The van der Waals surface area contributed by atoms with Crippen molar-refractivity contribution in [2.24, 2.45) is 0 Å². The maximum absolute atomic E-state index is 12.9. The summed E-state index contributed by atoms with van der Waals surface area (Å²) in [6, 6.07) is 0. The van der Waals surface area contributed by atoms with Gasteiger partial charge in [-0.15, -0.1) is 0 Å². The van der Waals surface area contributed by atoms with Crippen molar-refractivity contribution in [2.75, 3.05) is 152 Å². The number of ether oxygens (including phenoxy) is 11. The molecule has 21 nitrogen and oxygen atoms in total. The van der Waals surface area contributed by atoms with E-state index in [9.17, 15) is 29.1 Å². The molecule has 1 saturated heterocycles. The number of rotatable bonds is 38. The van der Waals surface area contributed by atoms with Crippen LogP contribution < -0.4 is 0 Å². The molecule has 0 aliphatic carbocycles. The topological polar surface area (TPSA) is 237 Å². The summed E-state index contributed by atoms with van der Waals surface area (Å²) in [7, 11) is 0. The fraction of sp³-hybridized carbons (Fsp3) is 0.800. The van der Waals surface area contributed by atoms with Crippen LogP contribution in [0, 0.1) is 0 Å². The van der Waals surface area contributed by atoms with E-state index in [-0.39, 0.29) is 52.3 Å². The van der Waals surface area contributed by atoms with Gasteiger partial charge in [0.2, 0.25) is 17.7 Å². The normalized spacial score (nSPS) is 15.5. The fourth-order valence-electron chi connectivity index (χ4n) is 4.88. The lowest BCUT2D eigenvalue weighted by atomic mass is 10.3. The number of hydrogen-bond acceptors (Lipinski definition) is 18. The molecule has 2 aliphatic rings. The van der Waals surface area contributed by atoms with Crippen LogP contribution in [0.25, 0.3) is 0 Å². The lowest BCUT2D eigenvalue weighted by Gasteiger charge is -2.45. The summed E-state index contributed by atoms with van der Waals surface area (Å²) in [5, 5.41) is 21.0. The predicted molar refractivity (Wildman–Crippen MR) is 190 cm³/mol. The fourth-order valence-corrected chi connectivity index (χ4v) is 4.88. The van der Waals surface area contributed by atoms with Crippen LogP contribution in [0.2, 0.25) is 0 Å². The van der Waals surface area contributed by atoms with Gasteiger partial charge in [0.1, 0.15) is 6.61 Å². The average molecular weight is 810 g/mol. The van der Waals surface area contributed by atoms with Crippen molar-refractivity contribution >= 4 is 29.5 Å². The van der Waals surface area contributed by atoms with Crippen LogP contribution in [0.3, 0.4) is 0 Å². The van der Waals surface area contributed by atoms with Gasteiger partial charge in [0.25, 0.3) is 17.7 Å². The zero-order valence-electron chi connectivity index (χ0n) is 32.3. The van der Waals surface area contributed by atoms with Gasteiger partial charge in [-0.05, 0) is 0 Å². The minimum absolute atomic E-state index is 0.00412. The van der Waals surface area contributed by atoms with Gasteiger partial charge >= 0.3 is 0 Å². The van der Waals surface area contributed by atoms with Crippen molar-refractivity contribution in [2.45, 2.75) is 32.0 Å². The molecule has 0 aromatic heterocycles. The molecule has 1 atom stereocenters. The number of amides is 5. The number of likely N-dealkylation sites (tertiary alicyclic amines) is 1. The summed E-state index contributed by atoms with van der Waals surface area (Å²) in [6.45, 7) is 8.26. The molecule has 2 aliphatic heterocycles. The minimum atomic E-state index is -2.77. The first-order valence-electron chi connectivity index (χ1n) is 18.7. The molecule has 0 spiro atoms. The zero-order valence-corrected chi connectivity index (χ0v) is 32.3. The van der Waals surface area contributed by atoms with Crippen molar-refractivity contribution in [3.63, 3.8) is 0 Å². The molecule has 2 N–H and O–H groups in total.